The fraction of sp³-hybridized carbons (Fsp3) is 0.0714. The smallest absolute Gasteiger partial charge is 0.175 e. The van der Waals surface area contributed by atoms with E-state index in [9.17, 15) is 8.42 Å². The number of halogens is 1. The van der Waals surface area contributed by atoms with Gasteiger partial charge in [-0.2, -0.15) is 0 Å². The van der Waals surface area contributed by atoms with Gasteiger partial charge in [-0.1, -0.05) is 29.9 Å². The van der Waals surface area contributed by atoms with Crippen LogP contribution in [-0.4, -0.2) is 19.7 Å². The molecule has 0 bridgehead atoms. The van der Waals surface area contributed by atoms with Crippen LogP contribution >= 0.6 is 23.8 Å². The summed E-state index contributed by atoms with van der Waals surface area (Å²) >= 11 is 10.9. The van der Waals surface area contributed by atoms with Crippen molar-refractivity contribution in [2.24, 2.45) is 5.73 Å². The van der Waals surface area contributed by atoms with Crippen molar-refractivity contribution in [2.45, 2.75) is 4.90 Å². The van der Waals surface area contributed by atoms with Crippen molar-refractivity contribution in [1.29, 1.82) is 0 Å². The maximum absolute atomic E-state index is 11.5. The Bertz CT molecular complexity index is 804. The van der Waals surface area contributed by atoms with E-state index in [1.54, 1.807) is 30.3 Å². The van der Waals surface area contributed by atoms with Gasteiger partial charge in [0.25, 0.3) is 0 Å². The van der Waals surface area contributed by atoms with Crippen LogP contribution in [0.4, 0.5) is 0 Å². The third-order valence-electron chi connectivity index (χ3n) is 2.67. The van der Waals surface area contributed by atoms with Gasteiger partial charge in [-0.25, -0.2) is 8.42 Å². The molecule has 110 valence electrons. The zero-order chi connectivity index (χ0) is 15.6. The zero-order valence-corrected chi connectivity index (χ0v) is 13.4. The van der Waals surface area contributed by atoms with Crippen molar-refractivity contribution in [1.82, 2.24) is 0 Å². The number of ether oxygens (including phenoxy) is 1. The molecule has 0 spiro atoms. The largest absolute Gasteiger partial charge is 0.457 e. The predicted molar refractivity (Wildman–Crippen MR) is 87.0 cm³/mol. The van der Waals surface area contributed by atoms with E-state index in [2.05, 4.69) is 0 Å². The lowest BCUT2D eigenvalue weighted by Crippen LogP contribution is -2.10. The Morgan fingerprint density at radius 3 is 2.57 bits per heavy atom. The molecule has 0 amide bonds. The minimum atomic E-state index is -3.31. The lowest BCUT2D eigenvalue weighted by Gasteiger charge is -2.11. The summed E-state index contributed by atoms with van der Waals surface area (Å²) in [7, 11) is -3.31. The molecule has 0 unspecified atom stereocenters. The third kappa shape index (κ3) is 3.93. The van der Waals surface area contributed by atoms with Crippen molar-refractivity contribution in [2.75, 3.05) is 6.26 Å². The van der Waals surface area contributed by atoms with E-state index in [4.69, 9.17) is 34.3 Å². The minimum Gasteiger partial charge on any atom is -0.457 e. The van der Waals surface area contributed by atoms with Crippen LogP contribution < -0.4 is 10.5 Å². The summed E-state index contributed by atoms with van der Waals surface area (Å²) in [6.07, 6.45) is 1.13. The summed E-state index contributed by atoms with van der Waals surface area (Å²) < 4.78 is 28.8. The van der Waals surface area contributed by atoms with Crippen LogP contribution in [0.3, 0.4) is 0 Å². The van der Waals surface area contributed by atoms with Gasteiger partial charge in [0.1, 0.15) is 16.5 Å². The van der Waals surface area contributed by atoms with Gasteiger partial charge in [0.15, 0.2) is 9.84 Å². The van der Waals surface area contributed by atoms with Crippen LogP contribution in [-0.2, 0) is 9.84 Å². The minimum absolute atomic E-state index is 0.166. The van der Waals surface area contributed by atoms with E-state index in [-0.39, 0.29) is 9.88 Å². The highest BCUT2D eigenvalue weighted by atomic mass is 35.5. The van der Waals surface area contributed by atoms with Gasteiger partial charge >= 0.3 is 0 Å². The highest BCUT2D eigenvalue weighted by Gasteiger charge is 2.11. The number of rotatable bonds is 4. The molecule has 7 heteroatoms. The molecule has 0 saturated heterocycles. The maximum Gasteiger partial charge on any atom is 0.175 e. The summed E-state index contributed by atoms with van der Waals surface area (Å²) in [4.78, 5) is 0.333. The summed E-state index contributed by atoms with van der Waals surface area (Å²) in [5, 5.41) is 0.462. The summed E-state index contributed by atoms with van der Waals surface area (Å²) in [5.41, 5.74) is 6.16. The highest BCUT2D eigenvalue weighted by molar-refractivity contribution is 7.90. The third-order valence-corrected chi connectivity index (χ3v) is 4.24. The molecule has 2 aromatic rings. The molecule has 0 aliphatic heterocycles. The molecule has 0 fully saturated rings. The Hall–Kier alpha value is -1.63. The van der Waals surface area contributed by atoms with Gasteiger partial charge in [-0.05, 0) is 30.3 Å². The topological polar surface area (TPSA) is 69.4 Å². The van der Waals surface area contributed by atoms with Crippen molar-refractivity contribution in [3.8, 4) is 11.5 Å². The van der Waals surface area contributed by atoms with Gasteiger partial charge in [-0.15, -0.1) is 0 Å². The molecule has 0 aromatic heterocycles. The van der Waals surface area contributed by atoms with Gasteiger partial charge in [-0.3, -0.25) is 0 Å². The first-order valence-electron chi connectivity index (χ1n) is 5.85. The molecule has 0 radical (unpaired) electrons. The second-order valence-electron chi connectivity index (χ2n) is 4.35. The number of hydrogen-bond acceptors (Lipinski definition) is 4. The van der Waals surface area contributed by atoms with Crippen LogP contribution in [0.1, 0.15) is 5.56 Å². The average Bonchev–Trinajstić information content (AvgIpc) is 2.37. The molecule has 0 aliphatic rings. The van der Waals surface area contributed by atoms with Gasteiger partial charge in [0, 0.05) is 17.3 Å². The molecule has 0 heterocycles. The van der Waals surface area contributed by atoms with Crippen LogP contribution in [0.15, 0.2) is 47.4 Å². The first-order chi connectivity index (χ1) is 9.77. The van der Waals surface area contributed by atoms with Crippen molar-refractivity contribution in [3.63, 3.8) is 0 Å². The van der Waals surface area contributed by atoms with Gasteiger partial charge < -0.3 is 10.5 Å². The zero-order valence-electron chi connectivity index (χ0n) is 11.0. The molecular weight excluding hydrogens is 330 g/mol. The van der Waals surface area contributed by atoms with Crippen LogP contribution in [0.2, 0.25) is 5.02 Å². The molecule has 21 heavy (non-hydrogen) atoms. The Balaban J connectivity index is 2.43. The summed E-state index contributed by atoms with van der Waals surface area (Å²) in [5.74, 6) is 0.735. The molecular formula is C14H12ClNO3S2. The van der Waals surface area contributed by atoms with Crippen molar-refractivity contribution in [3.05, 3.63) is 53.1 Å². The van der Waals surface area contributed by atoms with Crippen LogP contribution in [0, 0.1) is 0 Å². The summed E-state index contributed by atoms with van der Waals surface area (Å²) in [6, 6.07) is 11.0. The van der Waals surface area contributed by atoms with E-state index >= 15 is 0 Å². The number of benzene rings is 2. The molecule has 4 nitrogen and oxygen atoms in total. The van der Waals surface area contributed by atoms with E-state index in [1.165, 1.54) is 12.1 Å². The Morgan fingerprint density at radius 2 is 1.95 bits per heavy atom. The second-order valence-corrected chi connectivity index (χ2v) is 7.25. The quantitative estimate of drug-likeness (QED) is 0.865. The fourth-order valence-electron chi connectivity index (χ4n) is 1.68. The van der Waals surface area contributed by atoms with Gasteiger partial charge in [0.2, 0.25) is 0 Å². The van der Waals surface area contributed by atoms with E-state index in [0.717, 1.165) is 6.26 Å². The Labute approximate surface area is 133 Å². The Kier molecular flexibility index (Phi) is 4.51. The van der Waals surface area contributed by atoms with E-state index in [1.807, 2.05) is 0 Å². The van der Waals surface area contributed by atoms with Crippen LogP contribution in [0.25, 0.3) is 0 Å². The number of nitrogens with two attached hydrogens (primary N) is 1. The number of sulfone groups is 1. The second kappa shape index (κ2) is 6.01. The molecule has 0 saturated carbocycles. The average molecular weight is 342 g/mol. The first kappa shape index (κ1) is 15.8. The van der Waals surface area contributed by atoms with Crippen molar-refractivity contribution >= 4 is 38.6 Å². The summed E-state index contributed by atoms with van der Waals surface area (Å²) in [6.45, 7) is 0. The molecule has 2 N–H and O–H groups in total. The van der Waals surface area contributed by atoms with E-state index < -0.39 is 9.84 Å². The maximum atomic E-state index is 11.5. The molecule has 0 aliphatic carbocycles. The van der Waals surface area contributed by atoms with Crippen LogP contribution in [0.5, 0.6) is 11.5 Å². The first-order valence-corrected chi connectivity index (χ1v) is 8.52. The predicted octanol–water partition coefficient (Wildman–Crippen LogP) is 3.17. The molecule has 2 rings (SSSR count). The monoisotopic (exact) mass is 341 g/mol. The lowest BCUT2D eigenvalue weighted by atomic mass is 10.2. The van der Waals surface area contributed by atoms with E-state index in [0.29, 0.717) is 22.1 Å². The SMILES string of the molecule is CS(=O)(=O)c1cccc(Oc2cc(Cl)ccc2C(N)=S)c1. The van der Waals surface area contributed by atoms with Crippen molar-refractivity contribution < 1.29 is 13.2 Å². The number of thiocarbonyl (C=S) groups is 1. The highest BCUT2D eigenvalue weighted by Crippen LogP contribution is 2.29. The number of hydrogen-bond donors (Lipinski definition) is 1. The lowest BCUT2D eigenvalue weighted by molar-refractivity contribution is 0.480. The van der Waals surface area contributed by atoms with Gasteiger partial charge in [0.05, 0.1) is 10.5 Å². The standard InChI is InChI=1S/C14H12ClNO3S2/c1-21(17,18)11-4-2-3-10(8-11)19-13-7-9(15)5-6-12(13)14(16)20/h2-8H,1H3,(H2,16,20). The molecule has 2 aromatic carbocycles. The molecule has 0 atom stereocenters. The normalized spacial score (nSPS) is 11.1. The Morgan fingerprint density at radius 1 is 1.24 bits per heavy atom. The fourth-order valence-corrected chi connectivity index (χ4v) is 2.67.